The van der Waals surface area contributed by atoms with E-state index in [1.165, 1.54) is 21.9 Å². The Balaban J connectivity index is 1.77. The second kappa shape index (κ2) is 5.40. The minimum absolute atomic E-state index is 0.764. The summed E-state index contributed by atoms with van der Waals surface area (Å²) in [5.41, 5.74) is 2.51. The van der Waals surface area contributed by atoms with Gasteiger partial charge < -0.3 is 9.13 Å². The van der Waals surface area contributed by atoms with Gasteiger partial charge in [0, 0.05) is 0 Å². The van der Waals surface area contributed by atoms with Crippen LogP contribution in [0.25, 0.3) is 10.8 Å². The highest BCUT2D eigenvalue weighted by Crippen LogP contribution is 2.24. The van der Waals surface area contributed by atoms with E-state index in [2.05, 4.69) is 56.8 Å². The molecule has 6 heteroatoms. The van der Waals surface area contributed by atoms with E-state index in [0.29, 0.717) is 0 Å². The molecule has 0 amide bonds. The molecule has 4 aromatic rings. The molecule has 2 aromatic carbocycles. The van der Waals surface area contributed by atoms with Gasteiger partial charge >= 0.3 is 0 Å². The first-order chi connectivity index (χ1) is 10.9. The quantitative estimate of drug-likeness (QED) is 0.577. The average Bonchev–Trinajstić information content (AvgIpc) is 3.23. The van der Waals surface area contributed by atoms with Gasteiger partial charge in [0.05, 0.1) is 13.1 Å². The summed E-state index contributed by atoms with van der Waals surface area (Å²) in [4.78, 5) is 0. The topological polar surface area (TPSA) is 61.4 Å². The molecule has 0 unspecified atom stereocenters. The monoisotopic (exact) mass is 290 g/mol. The lowest BCUT2D eigenvalue weighted by Gasteiger charge is -2.12. The van der Waals surface area contributed by atoms with Crippen LogP contribution in [0.5, 0.6) is 0 Å². The first-order valence-corrected chi connectivity index (χ1v) is 7.04. The van der Waals surface area contributed by atoms with E-state index in [1.807, 2.05) is 9.13 Å². The molecule has 0 fully saturated rings. The highest BCUT2D eigenvalue weighted by Gasteiger charge is 2.07. The molecule has 2 aromatic heterocycles. The van der Waals surface area contributed by atoms with E-state index in [0.717, 1.165) is 13.1 Å². The predicted octanol–water partition coefficient (Wildman–Crippen LogP) is 2.12. The van der Waals surface area contributed by atoms with Gasteiger partial charge in [-0.3, -0.25) is 0 Å². The largest absolute Gasteiger partial charge is 0.316 e. The van der Waals surface area contributed by atoms with Crippen molar-refractivity contribution in [3.05, 3.63) is 72.8 Å². The van der Waals surface area contributed by atoms with Crippen molar-refractivity contribution in [3.8, 4) is 0 Å². The summed E-state index contributed by atoms with van der Waals surface area (Å²) in [5.74, 6) is 0. The Labute approximate surface area is 127 Å². The Morgan fingerprint density at radius 3 is 1.41 bits per heavy atom. The van der Waals surface area contributed by atoms with Crippen molar-refractivity contribution in [1.29, 1.82) is 0 Å². The molecule has 108 valence electrons. The van der Waals surface area contributed by atoms with Gasteiger partial charge in [-0.1, -0.05) is 36.4 Å². The van der Waals surface area contributed by atoms with E-state index in [1.54, 1.807) is 25.3 Å². The standard InChI is InChI=1S/C16H14N6/c1-2-4-16-14(8-22-11-19-20-12-22)6-5-13(15(16)3-1)7-21-9-17-18-10-21/h1-6,9-12H,7-8H2. The second-order valence-electron chi connectivity index (χ2n) is 5.20. The fraction of sp³-hybridized carbons (Fsp3) is 0.125. The minimum Gasteiger partial charge on any atom is -0.316 e. The maximum Gasteiger partial charge on any atom is 0.119 e. The summed E-state index contributed by atoms with van der Waals surface area (Å²) >= 11 is 0. The maximum atomic E-state index is 3.86. The van der Waals surface area contributed by atoms with Gasteiger partial charge in [-0.2, -0.15) is 0 Å². The molecule has 2 heterocycles. The molecule has 4 rings (SSSR count). The highest BCUT2D eigenvalue weighted by molar-refractivity contribution is 5.88. The summed E-state index contributed by atoms with van der Waals surface area (Å²) in [7, 11) is 0. The Morgan fingerprint density at radius 1 is 0.591 bits per heavy atom. The van der Waals surface area contributed by atoms with E-state index >= 15 is 0 Å². The molecule has 0 bridgehead atoms. The van der Waals surface area contributed by atoms with Crippen LogP contribution in [0.15, 0.2) is 61.7 Å². The fourth-order valence-electron chi connectivity index (χ4n) is 2.70. The number of fused-ring (bicyclic) bond motifs is 1. The zero-order chi connectivity index (χ0) is 14.8. The maximum absolute atomic E-state index is 3.86. The lowest BCUT2D eigenvalue weighted by molar-refractivity contribution is 0.790. The van der Waals surface area contributed by atoms with Crippen molar-refractivity contribution >= 4 is 10.8 Å². The van der Waals surface area contributed by atoms with Crippen molar-refractivity contribution in [1.82, 2.24) is 29.5 Å². The smallest absolute Gasteiger partial charge is 0.119 e. The number of rotatable bonds is 4. The van der Waals surface area contributed by atoms with E-state index in [9.17, 15) is 0 Å². The number of aromatic nitrogens is 6. The summed E-state index contributed by atoms with van der Waals surface area (Å²) in [6, 6.07) is 12.8. The zero-order valence-corrected chi connectivity index (χ0v) is 11.9. The molecule has 0 aliphatic rings. The minimum atomic E-state index is 0.764. The van der Waals surface area contributed by atoms with Crippen LogP contribution in [-0.4, -0.2) is 29.5 Å². The number of hydrogen-bond acceptors (Lipinski definition) is 4. The predicted molar refractivity (Wildman–Crippen MR) is 82.2 cm³/mol. The second-order valence-corrected chi connectivity index (χ2v) is 5.20. The van der Waals surface area contributed by atoms with Crippen LogP contribution in [0.3, 0.4) is 0 Å². The first kappa shape index (κ1) is 12.7. The molecule has 0 aliphatic heterocycles. The van der Waals surface area contributed by atoms with Crippen molar-refractivity contribution in [3.63, 3.8) is 0 Å². The summed E-state index contributed by atoms with van der Waals surface area (Å²) in [6.07, 6.45) is 6.94. The Kier molecular flexibility index (Phi) is 3.12. The Hall–Kier alpha value is -3.02. The molecular formula is C16H14N6. The van der Waals surface area contributed by atoms with Crippen molar-refractivity contribution in [2.75, 3.05) is 0 Å². The van der Waals surface area contributed by atoms with Gasteiger partial charge in [-0.15, -0.1) is 20.4 Å². The van der Waals surface area contributed by atoms with Gasteiger partial charge in [0.1, 0.15) is 25.3 Å². The van der Waals surface area contributed by atoms with Crippen molar-refractivity contribution in [2.24, 2.45) is 0 Å². The van der Waals surface area contributed by atoms with Crippen molar-refractivity contribution in [2.45, 2.75) is 13.1 Å². The van der Waals surface area contributed by atoms with Crippen LogP contribution in [0.1, 0.15) is 11.1 Å². The number of benzene rings is 2. The fourth-order valence-corrected chi connectivity index (χ4v) is 2.70. The Bertz CT molecular complexity index is 806. The van der Waals surface area contributed by atoms with Gasteiger partial charge in [0.2, 0.25) is 0 Å². The molecule has 22 heavy (non-hydrogen) atoms. The first-order valence-electron chi connectivity index (χ1n) is 7.04. The van der Waals surface area contributed by atoms with Crippen LogP contribution in [-0.2, 0) is 13.1 Å². The molecule has 0 atom stereocenters. The van der Waals surface area contributed by atoms with Crippen LogP contribution in [0, 0.1) is 0 Å². The normalized spacial score (nSPS) is 11.1. The third-order valence-corrected chi connectivity index (χ3v) is 3.74. The number of nitrogens with zero attached hydrogens (tertiary/aromatic N) is 6. The van der Waals surface area contributed by atoms with E-state index in [-0.39, 0.29) is 0 Å². The lowest BCUT2D eigenvalue weighted by atomic mass is 9.99. The molecule has 0 aliphatic carbocycles. The molecule has 0 spiro atoms. The van der Waals surface area contributed by atoms with Gasteiger partial charge in [-0.05, 0) is 21.9 Å². The third kappa shape index (κ3) is 2.35. The van der Waals surface area contributed by atoms with Gasteiger partial charge in [0.25, 0.3) is 0 Å². The van der Waals surface area contributed by atoms with Gasteiger partial charge in [0.15, 0.2) is 0 Å². The molecule has 0 saturated heterocycles. The van der Waals surface area contributed by atoms with Crippen LogP contribution in [0.2, 0.25) is 0 Å². The molecule has 0 N–H and O–H groups in total. The van der Waals surface area contributed by atoms with Gasteiger partial charge in [-0.25, -0.2) is 0 Å². The molecule has 0 radical (unpaired) electrons. The lowest BCUT2D eigenvalue weighted by Crippen LogP contribution is -2.01. The molecule has 0 saturated carbocycles. The summed E-state index contributed by atoms with van der Waals surface area (Å²) in [6.45, 7) is 1.53. The van der Waals surface area contributed by atoms with Crippen LogP contribution >= 0.6 is 0 Å². The molecule has 6 nitrogen and oxygen atoms in total. The van der Waals surface area contributed by atoms with E-state index < -0.39 is 0 Å². The van der Waals surface area contributed by atoms with Crippen molar-refractivity contribution < 1.29 is 0 Å². The summed E-state index contributed by atoms with van der Waals surface area (Å²) in [5, 5.41) is 17.9. The Morgan fingerprint density at radius 2 is 1.00 bits per heavy atom. The highest BCUT2D eigenvalue weighted by atomic mass is 15.2. The molecular weight excluding hydrogens is 276 g/mol. The SMILES string of the molecule is c1ccc2c(Cn3cnnc3)ccc(Cn3cnnc3)c2c1. The average molecular weight is 290 g/mol. The van der Waals surface area contributed by atoms with Crippen LogP contribution < -0.4 is 0 Å². The number of hydrogen-bond donors (Lipinski definition) is 0. The third-order valence-electron chi connectivity index (χ3n) is 3.74. The summed E-state index contributed by atoms with van der Waals surface area (Å²) < 4.78 is 3.95. The van der Waals surface area contributed by atoms with Crippen LogP contribution in [0.4, 0.5) is 0 Å². The zero-order valence-electron chi connectivity index (χ0n) is 11.9. The van der Waals surface area contributed by atoms with E-state index in [4.69, 9.17) is 0 Å².